The number of amides is 1. The smallest absolute Gasteiger partial charge is 0.307 e. The van der Waals surface area contributed by atoms with Crippen molar-refractivity contribution in [2.75, 3.05) is 26.8 Å². The molecule has 1 fully saturated rings. The summed E-state index contributed by atoms with van der Waals surface area (Å²) in [5.41, 5.74) is 1.72. The number of carbonyl (C=O) groups is 2. The van der Waals surface area contributed by atoms with Crippen LogP contribution in [0.5, 0.6) is 0 Å². The largest absolute Gasteiger partial charge is 0.481 e. The van der Waals surface area contributed by atoms with Crippen LogP contribution in [0.3, 0.4) is 0 Å². The average molecular weight is 292 g/mol. The number of carboxylic acids is 1. The Kier molecular flexibility index (Phi) is 5.30. The van der Waals surface area contributed by atoms with Crippen LogP contribution < -0.4 is 5.32 Å². The van der Waals surface area contributed by atoms with Crippen LogP contribution in [-0.4, -0.2) is 54.7 Å². The van der Waals surface area contributed by atoms with E-state index < -0.39 is 5.97 Å². The maximum absolute atomic E-state index is 11.9. The lowest BCUT2D eigenvalue weighted by atomic mass is 10.0. The molecule has 1 amide bonds. The van der Waals surface area contributed by atoms with Gasteiger partial charge in [0.2, 0.25) is 5.91 Å². The Morgan fingerprint density at radius 2 is 2.10 bits per heavy atom. The summed E-state index contributed by atoms with van der Waals surface area (Å²) in [6, 6.07) is 7.11. The summed E-state index contributed by atoms with van der Waals surface area (Å²) in [6.07, 6.45) is -0.00878. The third-order valence-electron chi connectivity index (χ3n) is 3.62. The van der Waals surface area contributed by atoms with Crippen LogP contribution in [0.1, 0.15) is 11.1 Å². The van der Waals surface area contributed by atoms with Gasteiger partial charge in [-0.2, -0.15) is 0 Å². The Balaban J connectivity index is 2.15. The molecule has 2 rings (SSSR count). The zero-order valence-corrected chi connectivity index (χ0v) is 12.0. The number of likely N-dealkylation sites (N-methyl/N-ethyl adjacent to an activating group) is 1. The predicted molar refractivity (Wildman–Crippen MR) is 76.9 cm³/mol. The topological polar surface area (TPSA) is 78.9 Å². The zero-order valence-electron chi connectivity index (χ0n) is 12.0. The Labute approximate surface area is 123 Å². The molecule has 1 aromatic rings. The van der Waals surface area contributed by atoms with Crippen LogP contribution in [0.2, 0.25) is 0 Å². The van der Waals surface area contributed by atoms with Gasteiger partial charge in [0, 0.05) is 20.1 Å². The molecule has 1 aromatic carbocycles. The molecule has 1 heterocycles. The van der Waals surface area contributed by atoms with Crippen molar-refractivity contribution in [3.8, 4) is 0 Å². The number of benzene rings is 1. The quantitative estimate of drug-likeness (QED) is 0.814. The molecule has 21 heavy (non-hydrogen) atoms. The average Bonchev–Trinajstić information content (AvgIpc) is 2.48. The van der Waals surface area contributed by atoms with Crippen molar-refractivity contribution in [2.24, 2.45) is 0 Å². The Hall–Kier alpha value is -1.92. The predicted octanol–water partition coefficient (Wildman–Crippen LogP) is 0.260. The highest BCUT2D eigenvalue weighted by molar-refractivity contribution is 5.81. The minimum atomic E-state index is -0.854. The van der Waals surface area contributed by atoms with Crippen LogP contribution in [0.25, 0.3) is 0 Å². The van der Waals surface area contributed by atoms with Crippen molar-refractivity contribution < 1.29 is 19.4 Å². The summed E-state index contributed by atoms with van der Waals surface area (Å²) in [5.74, 6) is -0.933. The van der Waals surface area contributed by atoms with Crippen molar-refractivity contribution in [1.82, 2.24) is 10.2 Å². The molecule has 1 aliphatic heterocycles. The number of nitrogens with zero attached hydrogens (tertiary/aromatic N) is 1. The number of hydrogen-bond donors (Lipinski definition) is 2. The Morgan fingerprint density at radius 1 is 1.38 bits per heavy atom. The highest BCUT2D eigenvalue weighted by Gasteiger charge is 2.29. The van der Waals surface area contributed by atoms with Gasteiger partial charge in [0.05, 0.1) is 19.6 Å². The van der Waals surface area contributed by atoms with Gasteiger partial charge in [-0.15, -0.1) is 0 Å². The molecule has 0 radical (unpaired) electrons. The maximum Gasteiger partial charge on any atom is 0.307 e. The lowest BCUT2D eigenvalue weighted by molar-refractivity contribution is -0.136. The number of carboxylic acid groups (broad SMARTS) is 1. The molecule has 1 saturated heterocycles. The van der Waals surface area contributed by atoms with E-state index in [9.17, 15) is 9.59 Å². The summed E-state index contributed by atoms with van der Waals surface area (Å²) >= 11 is 0. The fraction of sp³-hybridized carbons (Fsp3) is 0.467. The van der Waals surface area contributed by atoms with Gasteiger partial charge in [-0.25, -0.2) is 0 Å². The third kappa shape index (κ3) is 4.03. The number of morpholine rings is 1. The monoisotopic (exact) mass is 292 g/mol. The highest BCUT2D eigenvalue weighted by Crippen LogP contribution is 2.16. The van der Waals surface area contributed by atoms with Gasteiger partial charge >= 0.3 is 5.97 Å². The third-order valence-corrected chi connectivity index (χ3v) is 3.62. The maximum atomic E-state index is 11.9. The van der Waals surface area contributed by atoms with Crippen LogP contribution in [-0.2, 0) is 27.3 Å². The van der Waals surface area contributed by atoms with E-state index in [2.05, 4.69) is 5.32 Å². The number of ether oxygens (including phenoxy) is 1. The van der Waals surface area contributed by atoms with Crippen molar-refractivity contribution in [3.05, 3.63) is 35.4 Å². The molecule has 114 valence electrons. The standard InChI is InChI=1S/C15H20N2O4/c1-16-15(20)13-10-21-7-6-17(13)9-12-5-3-2-4-11(12)8-14(18)19/h2-5,13H,6-10H2,1H3,(H,16,20)(H,18,19). The molecule has 6 heteroatoms. The van der Waals surface area contributed by atoms with Gasteiger partial charge in [0.1, 0.15) is 6.04 Å². The second-order valence-electron chi connectivity index (χ2n) is 5.01. The molecular formula is C15H20N2O4. The first-order valence-corrected chi connectivity index (χ1v) is 6.93. The van der Waals surface area contributed by atoms with Crippen molar-refractivity contribution >= 4 is 11.9 Å². The number of carbonyl (C=O) groups excluding carboxylic acids is 1. The van der Waals surface area contributed by atoms with Crippen molar-refractivity contribution in [2.45, 2.75) is 19.0 Å². The molecular weight excluding hydrogens is 272 g/mol. The first-order valence-electron chi connectivity index (χ1n) is 6.93. The molecule has 0 aliphatic carbocycles. The minimum absolute atomic E-state index is 0.00878. The van der Waals surface area contributed by atoms with Gasteiger partial charge in [-0.1, -0.05) is 24.3 Å². The van der Waals surface area contributed by atoms with Gasteiger partial charge in [-0.05, 0) is 11.1 Å². The van der Waals surface area contributed by atoms with Crippen LogP contribution in [0, 0.1) is 0 Å². The summed E-state index contributed by atoms with van der Waals surface area (Å²) in [5, 5.41) is 11.6. The number of hydrogen-bond acceptors (Lipinski definition) is 4. The molecule has 1 unspecified atom stereocenters. The highest BCUT2D eigenvalue weighted by atomic mass is 16.5. The number of nitrogens with one attached hydrogen (secondary N) is 1. The van der Waals surface area contributed by atoms with E-state index in [1.165, 1.54) is 0 Å². The molecule has 6 nitrogen and oxygen atoms in total. The summed E-state index contributed by atoms with van der Waals surface area (Å²) < 4.78 is 5.37. The zero-order chi connectivity index (χ0) is 15.2. The first kappa shape index (κ1) is 15.5. The van der Waals surface area contributed by atoms with Crippen LogP contribution >= 0.6 is 0 Å². The van der Waals surface area contributed by atoms with Gasteiger partial charge in [0.15, 0.2) is 0 Å². The van der Waals surface area contributed by atoms with Gasteiger partial charge < -0.3 is 15.2 Å². The second-order valence-corrected chi connectivity index (χ2v) is 5.01. The van der Waals surface area contributed by atoms with Gasteiger partial charge in [0.25, 0.3) is 0 Å². The van der Waals surface area contributed by atoms with E-state index in [0.29, 0.717) is 26.3 Å². The number of aliphatic carboxylic acids is 1. The molecule has 1 aliphatic rings. The fourth-order valence-electron chi connectivity index (χ4n) is 2.50. The minimum Gasteiger partial charge on any atom is -0.481 e. The van der Waals surface area contributed by atoms with Gasteiger partial charge in [-0.3, -0.25) is 14.5 Å². The Bertz CT molecular complexity index is 518. The Morgan fingerprint density at radius 3 is 2.76 bits per heavy atom. The van der Waals surface area contributed by atoms with E-state index in [1.807, 2.05) is 29.2 Å². The molecule has 0 aromatic heterocycles. The van der Waals surface area contributed by atoms with E-state index in [4.69, 9.17) is 9.84 Å². The second kappa shape index (κ2) is 7.19. The van der Waals surface area contributed by atoms with Crippen molar-refractivity contribution in [1.29, 1.82) is 0 Å². The summed E-state index contributed by atoms with van der Waals surface area (Å²) in [7, 11) is 1.60. The molecule has 1 atom stereocenters. The lowest BCUT2D eigenvalue weighted by Crippen LogP contribution is -2.52. The van der Waals surface area contributed by atoms with E-state index >= 15 is 0 Å². The lowest BCUT2D eigenvalue weighted by Gasteiger charge is -2.34. The van der Waals surface area contributed by atoms with E-state index in [0.717, 1.165) is 11.1 Å². The van der Waals surface area contributed by atoms with Crippen molar-refractivity contribution in [3.63, 3.8) is 0 Å². The molecule has 2 N–H and O–H groups in total. The number of rotatable bonds is 5. The van der Waals surface area contributed by atoms with Crippen LogP contribution in [0.4, 0.5) is 0 Å². The SMILES string of the molecule is CNC(=O)C1COCCN1Cc1ccccc1CC(=O)O. The molecule has 0 spiro atoms. The summed E-state index contributed by atoms with van der Waals surface area (Å²) in [4.78, 5) is 24.9. The van der Waals surface area contributed by atoms with Crippen LogP contribution in [0.15, 0.2) is 24.3 Å². The normalized spacial score (nSPS) is 19.2. The fourth-order valence-corrected chi connectivity index (χ4v) is 2.50. The summed E-state index contributed by atoms with van der Waals surface area (Å²) in [6.45, 7) is 2.14. The van der Waals surface area contributed by atoms with E-state index in [-0.39, 0.29) is 18.4 Å². The molecule has 0 saturated carbocycles. The van der Waals surface area contributed by atoms with E-state index in [1.54, 1.807) is 7.05 Å². The molecule has 0 bridgehead atoms. The first-order chi connectivity index (χ1) is 10.1.